The molecule has 150 valence electrons. The number of hydrogen-bond acceptors (Lipinski definition) is 8. The highest BCUT2D eigenvalue weighted by Crippen LogP contribution is 2.33. The molecule has 28 heavy (non-hydrogen) atoms. The van der Waals surface area contributed by atoms with Gasteiger partial charge in [-0.2, -0.15) is 0 Å². The molecule has 4 rings (SSSR count). The maximum Gasteiger partial charge on any atom is 0.202 e. The molecule has 1 aromatic heterocycles. The van der Waals surface area contributed by atoms with Crippen molar-refractivity contribution in [1.29, 1.82) is 4.78 Å². The van der Waals surface area contributed by atoms with Gasteiger partial charge in [0, 0.05) is 31.8 Å². The molecule has 0 saturated carbocycles. The van der Waals surface area contributed by atoms with Crippen LogP contribution in [0.25, 0.3) is 0 Å². The number of oxime groups is 1. The summed E-state index contributed by atoms with van der Waals surface area (Å²) in [4.78, 5) is 0. The summed E-state index contributed by atoms with van der Waals surface area (Å²) in [5, 5.41) is 26.4. The van der Waals surface area contributed by atoms with Gasteiger partial charge in [-0.15, -0.1) is 0 Å². The van der Waals surface area contributed by atoms with Crippen molar-refractivity contribution in [3.05, 3.63) is 40.8 Å². The van der Waals surface area contributed by atoms with Crippen LogP contribution in [0.15, 0.2) is 28.0 Å². The van der Waals surface area contributed by atoms with Crippen LogP contribution in [0.5, 0.6) is 0 Å². The minimum absolute atomic E-state index is 0.0710. The highest BCUT2D eigenvalue weighted by atomic mass is 32.2. The number of nitrogens with zero attached hydrogens (tertiary/aromatic N) is 4. The number of amidine groups is 1. The number of nitrogens with one attached hydrogen (secondary N) is 3. The Labute approximate surface area is 160 Å². The predicted octanol–water partition coefficient (Wildman–Crippen LogP) is 1.17. The average molecular weight is 409 g/mol. The van der Waals surface area contributed by atoms with Gasteiger partial charge in [-0.05, 0) is 40.0 Å². The molecule has 0 spiro atoms. The Balaban J connectivity index is 1.38. The van der Waals surface area contributed by atoms with E-state index in [4.69, 9.17) is 9.41 Å². The van der Waals surface area contributed by atoms with E-state index in [0.29, 0.717) is 31.9 Å². The second kappa shape index (κ2) is 7.02. The Morgan fingerprint density at radius 2 is 2.29 bits per heavy atom. The van der Waals surface area contributed by atoms with Crippen LogP contribution in [0.2, 0.25) is 0 Å². The zero-order chi connectivity index (χ0) is 19.9. The lowest BCUT2D eigenvalue weighted by molar-refractivity contribution is 0.219. The van der Waals surface area contributed by atoms with E-state index in [1.54, 1.807) is 10.4 Å². The number of aromatic nitrogens is 2. The lowest BCUT2D eigenvalue weighted by atomic mass is 9.83. The van der Waals surface area contributed by atoms with Crippen LogP contribution in [0.3, 0.4) is 0 Å². The summed E-state index contributed by atoms with van der Waals surface area (Å²) in [6.07, 6.45) is 2.07. The molecule has 0 amide bonds. The Bertz CT molecular complexity index is 1020. The summed E-state index contributed by atoms with van der Waals surface area (Å²) in [6.45, 7) is 1.62. The van der Waals surface area contributed by atoms with Crippen LogP contribution in [0.1, 0.15) is 22.9 Å². The van der Waals surface area contributed by atoms with Gasteiger partial charge in [-0.1, -0.05) is 11.2 Å². The van der Waals surface area contributed by atoms with Crippen LogP contribution in [0.4, 0.5) is 10.2 Å². The molecule has 2 atom stereocenters. The Morgan fingerprint density at radius 3 is 3.00 bits per heavy atom. The topological polar surface area (TPSA) is 140 Å². The van der Waals surface area contributed by atoms with Gasteiger partial charge in [-0.3, -0.25) is 0 Å². The van der Waals surface area contributed by atoms with E-state index in [9.17, 15) is 13.8 Å². The molecule has 0 bridgehead atoms. The maximum atomic E-state index is 13.4. The van der Waals surface area contributed by atoms with Gasteiger partial charge in [-0.25, -0.2) is 22.3 Å². The summed E-state index contributed by atoms with van der Waals surface area (Å²) < 4.78 is 39.0. The molecule has 1 aromatic carbocycles. The van der Waals surface area contributed by atoms with E-state index in [-0.39, 0.29) is 29.3 Å². The largest absolute Gasteiger partial charge is 0.409 e. The number of fused-ring (bicyclic) bond motifs is 1. The van der Waals surface area contributed by atoms with Crippen molar-refractivity contribution in [2.75, 3.05) is 31.2 Å². The highest BCUT2D eigenvalue weighted by molar-refractivity contribution is 7.89. The first-order valence-corrected chi connectivity index (χ1v) is 10.6. The minimum atomic E-state index is -2.66. The van der Waals surface area contributed by atoms with Crippen molar-refractivity contribution in [1.82, 2.24) is 19.9 Å². The first kappa shape index (κ1) is 18.6. The second-order valence-corrected chi connectivity index (χ2v) is 9.17. The van der Waals surface area contributed by atoms with Gasteiger partial charge in [0.15, 0.2) is 11.5 Å². The molecule has 1 unspecified atom stereocenters. The Morgan fingerprint density at radius 1 is 1.50 bits per heavy atom. The van der Waals surface area contributed by atoms with Crippen molar-refractivity contribution in [3.63, 3.8) is 0 Å². The standard InChI is InChI=1S/C16H20FN7O3S/c1-28(18,26)24-7-9(8-24)6-19-15-14(22-27-23-15)16(21-25)20-13-4-10-2-3-11(17)5-12(10)13/h2-3,5,9,13,18,25H,4,6-8H2,1H3,(H,19,23)(H,20,21)/t13-,28?/m0/s1. The molecule has 0 radical (unpaired) electrons. The monoisotopic (exact) mass is 409 g/mol. The van der Waals surface area contributed by atoms with E-state index >= 15 is 0 Å². The van der Waals surface area contributed by atoms with Gasteiger partial charge >= 0.3 is 0 Å². The molecule has 2 aliphatic rings. The third kappa shape index (κ3) is 3.52. The molecule has 10 nitrogen and oxygen atoms in total. The smallest absolute Gasteiger partial charge is 0.202 e. The Kier molecular flexibility index (Phi) is 4.67. The molecule has 12 heteroatoms. The third-order valence-corrected chi connectivity index (χ3v) is 6.29. The van der Waals surface area contributed by atoms with Crippen molar-refractivity contribution >= 4 is 21.6 Å². The molecular weight excluding hydrogens is 389 g/mol. The van der Waals surface area contributed by atoms with Gasteiger partial charge < -0.3 is 15.8 Å². The van der Waals surface area contributed by atoms with Crippen molar-refractivity contribution in [2.45, 2.75) is 12.5 Å². The summed E-state index contributed by atoms with van der Waals surface area (Å²) in [5.41, 5.74) is 2.05. The fraction of sp³-hybridized carbons (Fsp3) is 0.438. The molecule has 1 aliphatic carbocycles. The molecule has 2 aromatic rings. The highest BCUT2D eigenvalue weighted by Gasteiger charge is 2.32. The lowest BCUT2D eigenvalue weighted by Gasteiger charge is -2.38. The van der Waals surface area contributed by atoms with E-state index in [1.807, 2.05) is 0 Å². The minimum Gasteiger partial charge on any atom is -0.409 e. The van der Waals surface area contributed by atoms with E-state index in [0.717, 1.165) is 11.1 Å². The normalized spacial score (nSPS) is 21.9. The Hall–Kier alpha value is -2.73. The van der Waals surface area contributed by atoms with E-state index in [2.05, 4.69) is 26.1 Å². The summed E-state index contributed by atoms with van der Waals surface area (Å²) in [7, 11) is -2.66. The van der Waals surface area contributed by atoms with Crippen LogP contribution >= 0.6 is 0 Å². The molecule has 2 heterocycles. The van der Waals surface area contributed by atoms with Crippen molar-refractivity contribution in [2.24, 2.45) is 11.1 Å². The van der Waals surface area contributed by atoms with Gasteiger partial charge in [0.05, 0.1) is 6.04 Å². The fourth-order valence-corrected chi connectivity index (χ4v) is 4.34. The zero-order valence-corrected chi connectivity index (χ0v) is 15.9. The van der Waals surface area contributed by atoms with Gasteiger partial charge in [0.2, 0.25) is 5.82 Å². The summed E-state index contributed by atoms with van der Waals surface area (Å²) in [5.74, 6) is 0.262. The first-order chi connectivity index (χ1) is 13.3. The molecule has 1 fully saturated rings. The third-order valence-electron chi connectivity index (χ3n) is 5.01. The zero-order valence-electron chi connectivity index (χ0n) is 15.1. The maximum absolute atomic E-state index is 13.4. The fourth-order valence-electron chi connectivity index (χ4n) is 3.35. The van der Waals surface area contributed by atoms with Crippen molar-refractivity contribution in [3.8, 4) is 0 Å². The number of rotatable bonds is 6. The van der Waals surface area contributed by atoms with Crippen LogP contribution in [-0.4, -0.2) is 55.8 Å². The number of halogens is 1. The average Bonchev–Trinajstić information content (AvgIpc) is 3.04. The quantitative estimate of drug-likeness (QED) is 0.243. The van der Waals surface area contributed by atoms with Crippen LogP contribution in [-0.2, 0) is 16.3 Å². The summed E-state index contributed by atoms with van der Waals surface area (Å²) in [6, 6.07) is 4.40. The predicted molar refractivity (Wildman–Crippen MR) is 98.9 cm³/mol. The SMILES string of the molecule is CS(=N)(=O)N1CC(CNc2nonc2/C(=N\O)N[C@H]2Cc3ccc(F)cc32)C1. The number of anilines is 1. The number of benzene rings is 1. The van der Waals surface area contributed by atoms with Crippen LogP contribution in [0, 0.1) is 16.5 Å². The molecule has 4 N–H and O–H groups in total. The molecule has 1 aliphatic heterocycles. The second-order valence-electron chi connectivity index (χ2n) is 7.05. The number of hydrogen-bond donors (Lipinski definition) is 4. The van der Waals surface area contributed by atoms with Crippen LogP contribution < -0.4 is 10.6 Å². The first-order valence-electron chi connectivity index (χ1n) is 8.67. The van der Waals surface area contributed by atoms with Crippen molar-refractivity contribution < 1.29 is 18.4 Å². The van der Waals surface area contributed by atoms with E-state index < -0.39 is 9.92 Å². The van der Waals surface area contributed by atoms with E-state index in [1.165, 1.54) is 18.4 Å². The molecule has 1 saturated heterocycles. The lowest BCUT2D eigenvalue weighted by Crippen LogP contribution is -2.51. The van der Waals surface area contributed by atoms with Gasteiger partial charge in [0.1, 0.15) is 15.7 Å². The summed E-state index contributed by atoms with van der Waals surface area (Å²) >= 11 is 0. The molecular formula is C16H20FN7O3S. The van der Waals surface area contributed by atoms with Gasteiger partial charge in [0.25, 0.3) is 0 Å².